The van der Waals surface area contributed by atoms with E-state index in [1.165, 1.54) is 25.9 Å². The summed E-state index contributed by atoms with van der Waals surface area (Å²) in [5.41, 5.74) is 0.694. The molecule has 3 rings (SSSR count). The summed E-state index contributed by atoms with van der Waals surface area (Å²) in [6.45, 7) is 4.52. The van der Waals surface area contributed by atoms with Crippen LogP contribution < -0.4 is 4.74 Å². The minimum Gasteiger partial charge on any atom is -0.494 e. The van der Waals surface area contributed by atoms with Crippen LogP contribution in [0, 0.1) is 11.8 Å². The lowest BCUT2D eigenvalue weighted by molar-refractivity contribution is 0.112. The van der Waals surface area contributed by atoms with Crippen LogP contribution in [0.2, 0.25) is 0 Å². The molecule has 3 nitrogen and oxygen atoms in total. The molecule has 102 valence electrons. The summed E-state index contributed by atoms with van der Waals surface area (Å²) in [5, 5.41) is 0. The molecule has 0 bridgehead atoms. The Bertz CT molecular complexity index is 417. The molecule has 2 aliphatic rings. The summed E-state index contributed by atoms with van der Waals surface area (Å²) in [6, 6.07) is 7.31. The number of benzene rings is 1. The summed E-state index contributed by atoms with van der Waals surface area (Å²) in [6.07, 6.45) is 4.82. The molecule has 0 radical (unpaired) electrons. The largest absolute Gasteiger partial charge is 0.494 e. The zero-order valence-electron chi connectivity index (χ0n) is 11.3. The van der Waals surface area contributed by atoms with Gasteiger partial charge in [0.15, 0.2) is 0 Å². The molecule has 19 heavy (non-hydrogen) atoms. The number of aldehydes is 1. The number of rotatable bonds is 6. The highest BCUT2D eigenvalue weighted by atomic mass is 16.5. The van der Waals surface area contributed by atoms with Gasteiger partial charge in [0.25, 0.3) is 0 Å². The molecule has 0 N–H and O–H groups in total. The number of nitrogens with zero attached hydrogens (tertiary/aromatic N) is 1. The second kappa shape index (κ2) is 5.74. The van der Waals surface area contributed by atoms with Crippen molar-refractivity contribution in [2.75, 3.05) is 26.2 Å². The first-order valence-electron chi connectivity index (χ1n) is 7.25. The van der Waals surface area contributed by atoms with Crippen molar-refractivity contribution in [3.63, 3.8) is 0 Å². The first-order chi connectivity index (χ1) is 9.35. The van der Waals surface area contributed by atoms with Crippen LogP contribution in [0.1, 0.15) is 29.6 Å². The van der Waals surface area contributed by atoms with E-state index in [4.69, 9.17) is 4.74 Å². The third kappa shape index (κ3) is 2.98. The number of hydrogen-bond acceptors (Lipinski definition) is 3. The third-order valence-corrected chi connectivity index (χ3v) is 4.46. The van der Waals surface area contributed by atoms with Gasteiger partial charge >= 0.3 is 0 Å². The Morgan fingerprint density at radius 3 is 2.42 bits per heavy atom. The topological polar surface area (TPSA) is 29.5 Å². The molecule has 1 aliphatic heterocycles. The number of carbonyl (C=O) groups excluding carboxylic acids is 1. The lowest BCUT2D eigenvalue weighted by Gasteiger charge is -2.28. The fourth-order valence-corrected chi connectivity index (χ4v) is 3.16. The summed E-state index contributed by atoms with van der Waals surface area (Å²) in [7, 11) is 0. The Kier molecular flexibility index (Phi) is 3.83. The van der Waals surface area contributed by atoms with Gasteiger partial charge in [0.2, 0.25) is 0 Å². The molecule has 0 unspecified atom stereocenters. The van der Waals surface area contributed by atoms with Crippen LogP contribution in [0.4, 0.5) is 0 Å². The Hall–Kier alpha value is -1.35. The van der Waals surface area contributed by atoms with E-state index in [-0.39, 0.29) is 0 Å². The van der Waals surface area contributed by atoms with E-state index in [0.717, 1.165) is 43.4 Å². The maximum absolute atomic E-state index is 10.5. The van der Waals surface area contributed by atoms with Crippen molar-refractivity contribution in [3.05, 3.63) is 29.8 Å². The van der Waals surface area contributed by atoms with Gasteiger partial charge in [0.05, 0.1) is 6.61 Å². The van der Waals surface area contributed by atoms with Crippen molar-refractivity contribution in [2.24, 2.45) is 11.8 Å². The Morgan fingerprint density at radius 2 is 1.84 bits per heavy atom. The predicted octanol–water partition coefficient (Wildman–Crippen LogP) is 2.61. The lowest BCUT2D eigenvalue weighted by Crippen LogP contribution is -2.23. The molecule has 3 heteroatoms. The van der Waals surface area contributed by atoms with E-state index in [1.54, 1.807) is 12.1 Å². The maximum Gasteiger partial charge on any atom is 0.150 e. The number of carbonyl (C=O) groups is 1. The van der Waals surface area contributed by atoms with Crippen LogP contribution in [0.15, 0.2) is 24.3 Å². The Balaban J connectivity index is 1.35. The van der Waals surface area contributed by atoms with Crippen molar-refractivity contribution in [2.45, 2.75) is 19.3 Å². The standard InChI is InChI=1S/C16H21NO2/c18-12-13-2-6-16(7-3-13)19-9-1-8-17-10-14-4-5-15(14)11-17/h2-3,6-7,12,14-15H,1,4-5,8-11H2/t14-,15+. The van der Waals surface area contributed by atoms with Crippen LogP contribution in [-0.4, -0.2) is 37.4 Å². The van der Waals surface area contributed by atoms with Crippen LogP contribution in [0.3, 0.4) is 0 Å². The summed E-state index contributed by atoms with van der Waals surface area (Å²) in [4.78, 5) is 13.1. The fraction of sp³-hybridized carbons (Fsp3) is 0.562. The summed E-state index contributed by atoms with van der Waals surface area (Å²) >= 11 is 0. The van der Waals surface area contributed by atoms with Crippen molar-refractivity contribution < 1.29 is 9.53 Å². The summed E-state index contributed by atoms with van der Waals surface area (Å²) in [5.74, 6) is 2.85. The van der Waals surface area contributed by atoms with Gasteiger partial charge in [-0.2, -0.15) is 0 Å². The second-order valence-electron chi connectivity index (χ2n) is 5.75. The molecule has 2 fully saturated rings. The highest BCUT2D eigenvalue weighted by Gasteiger charge is 2.38. The molecule has 1 heterocycles. The van der Waals surface area contributed by atoms with E-state index in [2.05, 4.69) is 4.90 Å². The quantitative estimate of drug-likeness (QED) is 0.581. The normalized spacial score (nSPS) is 25.7. The average Bonchev–Trinajstić information content (AvgIpc) is 2.71. The zero-order valence-corrected chi connectivity index (χ0v) is 11.3. The smallest absolute Gasteiger partial charge is 0.150 e. The first-order valence-corrected chi connectivity index (χ1v) is 7.25. The van der Waals surface area contributed by atoms with Crippen molar-refractivity contribution in [1.29, 1.82) is 0 Å². The van der Waals surface area contributed by atoms with Gasteiger partial charge in [0, 0.05) is 25.2 Å². The Labute approximate surface area is 114 Å². The number of fused-ring (bicyclic) bond motifs is 1. The SMILES string of the molecule is O=Cc1ccc(OCCCN2C[C@H]3CC[C@H]3C2)cc1. The van der Waals surface area contributed by atoms with Crippen LogP contribution >= 0.6 is 0 Å². The van der Waals surface area contributed by atoms with Crippen molar-refractivity contribution in [1.82, 2.24) is 4.90 Å². The van der Waals surface area contributed by atoms with Gasteiger partial charge in [-0.05, 0) is 55.4 Å². The molecular formula is C16H21NO2. The fourth-order valence-electron chi connectivity index (χ4n) is 3.16. The van der Waals surface area contributed by atoms with E-state index in [1.807, 2.05) is 12.1 Å². The van der Waals surface area contributed by atoms with Crippen LogP contribution in [0.5, 0.6) is 5.75 Å². The molecular weight excluding hydrogens is 238 g/mol. The molecule has 0 amide bonds. The van der Waals surface area contributed by atoms with E-state index >= 15 is 0 Å². The number of ether oxygens (including phenoxy) is 1. The van der Waals surface area contributed by atoms with Gasteiger partial charge in [-0.15, -0.1) is 0 Å². The molecule has 1 aromatic rings. The molecule has 1 saturated heterocycles. The van der Waals surface area contributed by atoms with Crippen LogP contribution in [0.25, 0.3) is 0 Å². The monoisotopic (exact) mass is 259 g/mol. The van der Waals surface area contributed by atoms with Gasteiger partial charge in [-0.25, -0.2) is 0 Å². The zero-order chi connectivity index (χ0) is 13.1. The molecule has 2 atom stereocenters. The first kappa shape index (κ1) is 12.7. The molecule has 1 aromatic carbocycles. The van der Waals surface area contributed by atoms with Gasteiger partial charge in [0.1, 0.15) is 12.0 Å². The van der Waals surface area contributed by atoms with E-state index < -0.39 is 0 Å². The summed E-state index contributed by atoms with van der Waals surface area (Å²) < 4.78 is 5.69. The molecule has 0 aromatic heterocycles. The van der Waals surface area contributed by atoms with Gasteiger partial charge < -0.3 is 9.64 Å². The highest BCUT2D eigenvalue weighted by molar-refractivity contribution is 5.74. The minimum atomic E-state index is 0.694. The molecule has 1 aliphatic carbocycles. The molecule has 1 saturated carbocycles. The number of hydrogen-bond donors (Lipinski definition) is 0. The van der Waals surface area contributed by atoms with Gasteiger partial charge in [-0.1, -0.05) is 0 Å². The highest BCUT2D eigenvalue weighted by Crippen LogP contribution is 2.40. The number of likely N-dealkylation sites (tertiary alicyclic amines) is 1. The minimum absolute atomic E-state index is 0.694. The van der Waals surface area contributed by atoms with E-state index in [0.29, 0.717) is 5.56 Å². The molecule has 0 spiro atoms. The third-order valence-electron chi connectivity index (χ3n) is 4.46. The van der Waals surface area contributed by atoms with Crippen LogP contribution in [-0.2, 0) is 0 Å². The van der Waals surface area contributed by atoms with Gasteiger partial charge in [-0.3, -0.25) is 4.79 Å². The van der Waals surface area contributed by atoms with E-state index in [9.17, 15) is 4.79 Å². The maximum atomic E-state index is 10.5. The van der Waals surface area contributed by atoms with Crippen molar-refractivity contribution in [3.8, 4) is 5.75 Å². The second-order valence-corrected chi connectivity index (χ2v) is 5.75. The lowest BCUT2D eigenvalue weighted by atomic mass is 9.77. The predicted molar refractivity (Wildman–Crippen MR) is 74.6 cm³/mol. The van der Waals surface area contributed by atoms with Crippen molar-refractivity contribution >= 4 is 6.29 Å². The Morgan fingerprint density at radius 1 is 1.16 bits per heavy atom. The average molecular weight is 259 g/mol.